The van der Waals surface area contributed by atoms with Gasteiger partial charge in [-0.1, -0.05) is 17.7 Å². The minimum Gasteiger partial charge on any atom is -0.321 e. The number of halogens is 2. The lowest BCUT2D eigenvalue weighted by Crippen LogP contribution is -2.24. The summed E-state index contributed by atoms with van der Waals surface area (Å²) in [5, 5.41) is 21.0. The monoisotopic (exact) mass is 396 g/mol. The maximum absolute atomic E-state index is 14.3. The Labute approximate surface area is 164 Å². The largest absolute Gasteiger partial charge is 0.321 e. The molecule has 0 amide bonds. The summed E-state index contributed by atoms with van der Waals surface area (Å²) in [4.78, 5) is 8.75. The lowest BCUT2D eigenvalue weighted by molar-refractivity contribution is 0.419. The molecule has 28 heavy (non-hydrogen) atoms. The molecule has 0 radical (unpaired) electrons. The first kappa shape index (κ1) is 17.9. The van der Waals surface area contributed by atoms with Crippen molar-refractivity contribution in [3.8, 4) is 17.5 Å². The number of rotatable bonds is 4. The van der Waals surface area contributed by atoms with Crippen LogP contribution in [0.5, 0.6) is 0 Å². The molecule has 0 saturated heterocycles. The molecule has 3 heterocycles. The van der Waals surface area contributed by atoms with Crippen LogP contribution in [-0.2, 0) is 5.54 Å². The quantitative estimate of drug-likeness (QED) is 0.563. The number of hydrogen-bond acceptors (Lipinski definition) is 6. The molecule has 0 bridgehead atoms. The molecular formula is C18H14ClFN8. The first-order chi connectivity index (χ1) is 13.4. The summed E-state index contributed by atoms with van der Waals surface area (Å²) in [6.45, 7) is 3.50. The SMILES string of the molecule is CC(C)(C#N)n1cc(Nc2nc(-c3c(F)cccc3Cl)nc3ccnn23)cn1. The number of fused-ring (bicyclic) bond motifs is 1. The van der Waals surface area contributed by atoms with Crippen LogP contribution < -0.4 is 5.32 Å². The van der Waals surface area contributed by atoms with Crippen molar-refractivity contribution < 1.29 is 4.39 Å². The zero-order valence-electron chi connectivity index (χ0n) is 14.9. The highest BCUT2D eigenvalue weighted by molar-refractivity contribution is 6.33. The van der Waals surface area contributed by atoms with E-state index in [9.17, 15) is 9.65 Å². The molecule has 1 aromatic carbocycles. The number of benzene rings is 1. The summed E-state index contributed by atoms with van der Waals surface area (Å²) in [5.41, 5.74) is 0.358. The maximum atomic E-state index is 14.3. The van der Waals surface area contributed by atoms with Gasteiger partial charge in [0, 0.05) is 6.07 Å². The fraction of sp³-hybridized carbons (Fsp3) is 0.167. The molecule has 0 saturated carbocycles. The number of hydrogen-bond donors (Lipinski definition) is 1. The highest BCUT2D eigenvalue weighted by atomic mass is 35.5. The van der Waals surface area contributed by atoms with Gasteiger partial charge in [-0.05, 0) is 26.0 Å². The van der Waals surface area contributed by atoms with E-state index in [1.807, 2.05) is 0 Å². The van der Waals surface area contributed by atoms with E-state index in [0.717, 1.165) is 0 Å². The van der Waals surface area contributed by atoms with Gasteiger partial charge >= 0.3 is 0 Å². The van der Waals surface area contributed by atoms with Crippen molar-refractivity contribution in [3.05, 3.63) is 53.7 Å². The van der Waals surface area contributed by atoms with E-state index < -0.39 is 11.4 Å². The predicted molar refractivity (Wildman–Crippen MR) is 102 cm³/mol. The van der Waals surface area contributed by atoms with Crippen LogP contribution in [0.1, 0.15) is 13.8 Å². The third-order valence-corrected chi connectivity index (χ3v) is 4.44. The first-order valence-electron chi connectivity index (χ1n) is 8.28. The van der Waals surface area contributed by atoms with Gasteiger partial charge < -0.3 is 5.32 Å². The summed E-state index contributed by atoms with van der Waals surface area (Å²) < 4.78 is 17.4. The molecule has 3 aromatic heterocycles. The van der Waals surface area contributed by atoms with Crippen molar-refractivity contribution >= 4 is 28.9 Å². The number of nitriles is 1. The van der Waals surface area contributed by atoms with Gasteiger partial charge in [-0.3, -0.25) is 4.68 Å². The number of nitrogens with one attached hydrogen (secondary N) is 1. The minimum absolute atomic E-state index is 0.109. The van der Waals surface area contributed by atoms with Crippen LogP contribution >= 0.6 is 11.6 Å². The smallest absolute Gasteiger partial charge is 0.232 e. The first-order valence-corrected chi connectivity index (χ1v) is 8.66. The molecule has 0 unspecified atom stereocenters. The highest BCUT2D eigenvalue weighted by Gasteiger charge is 2.21. The van der Waals surface area contributed by atoms with E-state index in [1.54, 1.807) is 44.6 Å². The fourth-order valence-electron chi connectivity index (χ4n) is 2.60. The Morgan fingerprint density at radius 1 is 1.21 bits per heavy atom. The lowest BCUT2D eigenvalue weighted by atomic mass is 10.1. The van der Waals surface area contributed by atoms with Crippen LogP contribution in [0.3, 0.4) is 0 Å². The van der Waals surface area contributed by atoms with Crippen molar-refractivity contribution in [2.24, 2.45) is 0 Å². The summed E-state index contributed by atoms with van der Waals surface area (Å²) in [6.07, 6.45) is 4.80. The topological polar surface area (TPSA) is 96.7 Å². The van der Waals surface area contributed by atoms with E-state index in [1.165, 1.54) is 21.3 Å². The van der Waals surface area contributed by atoms with Gasteiger partial charge in [0.15, 0.2) is 11.5 Å². The average molecular weight is 397 g/mol. The molecule has 140 valence electrons. The van der Waals surface area contributed by atoms with Gasteiger partial charge in [-0.2, -0.15) is 25.0 Å². The molecule has 10 heteroatoms. The predicted octanol–water partition coefficient (Wildman–Crippen LogP) is 3.78. The minimum atomic E-state index is -0.807. The molecule has 0 spiro atoms. The van der Waals surface area contributed by atoms with Crippen molar-refractivity contribution in [2.75, 3.05) is 5.32 Å². The van der Waals surface area contributed by atoms with Crippen molar-refractivity contribution in [2.45, 2.75) is 19.4 Å². The van der Waals surface area contributed by atoms with Crippen LogP contribution in [-0.4, -0.2) is 29.4 Å². The Balaban J connectivity index is 1.80. The Hall–Kier alpha value is -3.51. The normalized spacial score (nSPS) is 11.5. The van der Waals surface area contributed by atoms with E-state index >= 15 is 0 Å². The summed E-state index contributed by atoms with van der Waals surface area (Å²) >= 11 is 6.16. The Morgan fingerprint density at radius 3 is 2.79 bits per heavy atom. The zero-order chi connectivity index (χ0) is 19.9. The second kappa shape index (κ2) is 6.58. The lowest BCUT2D eigenvalue weighted by Gasteiger charge is -2.15. The molecule has 0 aliphatic carbocycles. The van der Waals surface area contributed by atoms with Crippen LogP contribution in [0.25, 0.3) is 17.0 Å². The number of anilines is 2. The van der Waals surface area contributed by atoms with Gasteiger partial charge in [0.2, 0.25) is 5.95 Å². The molecule has 0 fully saturated rings. The van der Waals surface area contributed by atoms with E-state index in [-0.39, 0.29) is 16.4 Å². The average Bonchev–Trinajstić information content (AvgIpc) is 3.31. The van der Waals surface area contributed by atoms with E-state index in [2.05, 4.69) is 31.6 Å². The third-order valence-electron chi connectivity index (χ3n) is 4.13. The van der Waals surface area contributed by atoms with Gasteiger partial charge in [0.1, 0.15) is 11.4 Å². The van der Waals surface area contributed by atoms with Crippen molar-refractivity contribution in [1.82, 2.24) is 29.4 Å². The molecule has 8 nitrogen and oxygen atoms in total. The van der Waals surface area contributed by atoms with Crippen molar-refractivity contribution in [3.63, 3.8) is 0 Å². The highest BCUT2D eigenvalue weighted by Crippen LogP contribution is 2.29. The van der Waals surface area contributed by atoms with Crippen LogP contribution in [0, 0.1) is 17.1 Å². The second-order valence-corrected chi connectivity index (χ2v) is 6.95. The fourth-order valence-corrected chi connectivity index (χ4v) is 2.85. The van der Waals surface area contributed by atoms with Gasteiger partial charge in [-0.15, -0.1) is 0 Å². The van der Waals surface area contributed by atoms with Gasteiger partial charge in [0.05, 0.1) is 40.9 Å². The van der Waals surface area contributed by atoms with E-state index in [0.29, 0.717) is 17.3 Å². The van der Waals surface area contributed by atoms with Crippen LogP contribution in [0.2, 0.25) is 5.02 Å². The third kappa shape index (κ3) is 3.04. The van der Waals surface area contributed by atoms with Gasteiger partial charge in [0.25, 0.3) is 0 Å². The van der Waals surface area contributed by atoms with Crippen molar-refractivity contribution in [1.29, 1.82) is 5.26 Å². The molecule has 0 aliphatic heterocycles. The molecule has 4 rings (SSSR count). The Kier molecular flexibility index (Phi) is 4.20. The Bertz CT molecular complexity index is 1200. The van der Waals surface area contributed by atoms with Crippen LogP contribution in [0.15, 0.2) is 42.9 Å². The van der Waals surface area contributed by atoms with Crippen LogP contribution in [0.4, 0.5) is 16.0 Å². The Morgan fingerprint density at radius 2 is 2.04 bits per heavy atom. The van der Waals surface area contributed by atoms with E-state index in [4.69, 9.17) is 11.6 Å². The second-order valence-electron chi connectivity index (χ2n) is 6.54. The summed E-state index contributed by atoms with van der Waals surface area (Å²) in [6, 6.07) is 8.24. The number of nitrogens with zero attached hydrogens (tertiary/aromatic N) is 7. The molecule has 4 aromatic rings. The number of aromatic nitrogens is 6. The van der Waals surface area contributed by atoms with Gasteiger partial charge in [-0.25, -0.2) is 9.37 Å². The molecule has 1 N–H and O–H groups in total. The molecule has 0 aliphatic rings. The molecular weight excluding hydrogens is 383 g/mol. The maximum Gasteiger partial charge on any atom is 0.232 e. The summed E-state index contributed by atoms with van der Waals surface area (Å²) in [5.74, 6) is -0.0899. The standard InChI is InChI=1S/C18H14ClFN8/c1-18(2,10-21)27-9-11(8-23-27)24-17-26-16(25-14-6-7-22-28(14)17)15-12(19)4-3-5-13(15)20/h3-9H,1-2H3,(H,24,25,26). The summed E-state index contributed by atoms with van der Waals surface area (Å²) in [7, 11) is 0. The molecule has 0 atom stereocenters. The zero-order valence-corrected chi connectivity index (χ0v) is 15.7.